The number of methoxy groups -OCH3 is 1. The number of fused-ring (bicyclic) bond motifs is 1. The van der Waals surface area contributed by atoms with Crippen LogP contribution in [0, 0.1) is 6.92 Å². The molecule has 1 amide bonds. The maximum Gasteiger partial charge on any atom is 0.355 e. The fourth-order valence-electron chi connectivity index (χ4n) is 4.67. The molecule has 2 aromatic heterocycles. The Morgan fingerprint density at radius 3 is 2.37 bits per heavy atom. The molecule has 0 fully saturated rings. The minimum atomic E-state index is -3.99. The van der Waals surface area contributed by atoms with Crippen LogP contribution in [0.4, 0.5) is 10.8 Å². The summed E-state index contributed by atoms with van der Waals surface area (Å²) in [6.07, 6.45) is 0. The average molecular weight is 682 g/mol. The van der Waals surface area contributed by atoms with Crippen molar-refractivity contribution >= 4 is 70.8 Å². The van der Waals surface area contributed by atoms with E-state index in [9.17, 15) is 22.8 Å². The number of sulfonamides is 1. The molecule has 13 heteroatoms. The lowest BCUT2D eigenvalue weighted by Gasteiger charge is -2.19. The first-order valence-electron chi connectivity index (χ1n) is 12.8. The summed E-state index contributed by atoms with van der Waals surface area (Å²) in [4.78, 5) is 42.5. The van der Waals surface area contributed by atoms with Crippen LogP contribution in [0.3, 0.4) is 0 Å². The molecule has 5 aromatic rings. The molecule has 2 N–H and O–H groups in total. The largest absolute Gasteiger partial charge is 0.464 e. The minimum Gasteiger partial charge on any atom is -0.464 e. The van der Waals surface area contributed by atoms with E-state index >= 15 is 0 Å². The van der Waals surface area contributed by atoms with Crippen molar-refractivity contribution < 1.29 is 22.7 Å². The lowest BCUT2D eigenvalue weighted by Crippen LogP contribution is -2.28. The molecule has 0 atom stereocenters. The summed E-state index contributed by atoms with van der Waals surface area (Å²) in [5.41, 5.74) is 2.22. The fourth-order valence-corrected chi connectivity index (χ4v) is 7.56. The molecular weight excluding hydrogens is 656 g/mol. The van der Waals surface area contributed by atoms with Crippen LogP contribution in [0.15, 0.2) is 86.3 Å². The van der Waals surface area contributed by atoms with E-state index in [0.29, 0.717) is 21.9 Å². The normalized spacial score (nSPS) is 11.3. The van der Waals surface area contributed by atoms with Gasteiger partial charge in [-0.25, -0.2) is 18.2 Å². The third-order valence-electron chi connectivity index (χ3n) is 6.50. The summed E-state index contributed by atoms with van der Waals surface area (Å²) in [5.74, 6) is -1.02. The number of thiazole rings is 1. The highest BCUT2D eigenvalue weighted by Gasteiger charge is 2.25. The second-order valence-corrected chi connectivity index (χ2v) is 13.3. The Morgan fingerprint density at radius 1 is 1.02 bits per heavy atom. The molecule has 0 aliphatic carbocycles. The number of halogens is 1. The van der Waals surface area contributed by atoms with Crippen molar-refractivity contribution in [2.75, 3.05) is 17.1 Å². The lowest BCUT2D eigenvalue weighted by atomic mass is 9.96. The van der Waals surface area contributed by atoms with Gasteiger partial charge in [0.2, 0.25) is 5.91 Å². The number of aromatic nitrogens is 2. The molecule has 0 bridgehead atoms. The zero-order valence-electron chi connectivity index (χ0n) is 23.2. The quantitative estimate of drug-likeness (QED) is 0.198. The van der Waals surface area contributed by atoms with Crippen LogP contribution in [0.25, 0.3) is 21.9 Å². The van der Waals surface area contributed by atoms with Gasteiger partial charge in [0.1, 0.15) is 5.69 Å². The third-order valence-corrected chi connectivity index (χ3v) is 10.1. The molecule has 5 rings (SSSR count). The Labute approximate surface area is 259 Å². The molecule has 0 aliphatic heterocycles. The van der Waals surface area contributed by atoms with E-state index < -0.39 is 16.0 Å². The topological polar surface area (TPSA) is 136 Å². The van der Waals surface area contributed by atoms with Crippen molar-refractivity contribution in [3.63, 3.8) is 0 Å². The smallest absolute Gasteiger partial charge is 0.355 e. The third kappa shape index (κ3) is 6.24. The van der Waals surface area contributed by atoms with Crippen LogP contribution in [0.1, 0.15) is 28.7 Å². The predicted molar refractivity (Wildman–Crippen MR) is 170 cm³/mol. The number of rotatable bonds is 8. The van der Waals surface area contributed by atoms with Gasteiger partial charge in [0.25, 0.3) is 15.6 Å². The van der Waals surface area contributed by atoms with Gasteiger partial charge in [-0.15, -0.1) is 0 Å². The van der Waals surface area contributed by atoms with Gasteiger partial charge in [-0.2, -0.15) is 0 Å². The second-order valence-electron chi connectivity index (χ2n) is 9.54. The minimum absolute atomic E-state index is 0.0224. The molecule has 2 heterocycles. The number of hydrogen-bond acceptors (Lipinski definition) is 8. The van der Waals surface area contributed by atoms with Crippen LogP contribution in [-0.2, 0) is 26.1 Å². The Morgan fingerprint density at radius 2 is 1.72 bits per heavy atom. The average Bonchev–Trinajstić information content (AvgIpc) is 3.35. The SMILES string of the molecule is COC(=O)c1c(-c2ccccc2)c2cc(Br)ccc2c(=O)n1Cc1ccc(NS(=O)(=O)c2sc(NC(C)=O)nc2C)cc1. The molecule has 43 heavy (non-hydrogen) atoms. The van der Waals surface area contributed by atoms with Crippen LogP contribution >= 0.6 is 27.3 Å². The molecule has 0 aliphatic rings. The standard InChI is InChI=1S/C30H25BrN4O6S2/c1-17-29(42-30(32-17)33-18(2)36)43(39,40)34-22-12-9-19(10-13-22)16-35-26(28(38)41-3)25(20-7-5-4-6-8-20)24-15-21(31)11-14-23(24)27(35)37/h4-15,34H,16H2,1-3H3,(H,32,33,36). The van der Waals surface area contributed by atoms with Crippen molar-refractivity contribution in [2.45, 2.75) is 24.6 Å². The van der Waals surface area contributed by atoms with Gasteiger partial charge in [-0.05, 0) is 53.8 Å². The van der Waals surface area contributed by atoms with Crippen molar-refractivity contribution in [2.24, 2.45) is 0 Å². The van der Waals surface area contributed by atoms with E-state index in [0.717, 1.165) is 21.4 Å². The van der Waals surface area contributed by atoms with Crippen LogP contribution in [0.5, 0.6) is 0 Å². The van der Waals surface area contributed by atoms with Crippen molar-refractivity contribution in [3.8, 4) is 11.1 Å². The van der Waals surface area contributed by atoms with E-state index in [1.165, 1.54) is 18.6 Å². The Bertz CT molecular complexity index is 2040. The van der Waals surface area contributed by atoms with Gasteiger partial charge in [0.05, 0.1) is 19.3 Å². The molecule has 0 radical (unpaired) electrons. The number of aryl methyl sites for hydroxylation is 1. The molecule has 0 unspecified atom stereocenters. The van der Waals surface area contributed by atoms with Crippen LogP contribution < -0.4 is 15.6 Å². The summed E-state index contributed by atoms with van der Waals surface area (Å²) in [7, 11) is -2.72. The number of nitrogens with one attached hydrogen (secondary N) is 2. The van der Waals surface area contributed by atoms with Gasteiger partial charge in [0.15, 0.2) is 9.34 Å². The number of hydrogen-bond donors (Lipinski definition) is 2. The highest BCUT2D eigenvalue weighted by Crippen LogP contribution is 2.33. The summed E-state index contributed by atoms with van der Waals surface area (Å²) in [5, 5.41) is 3.71. The fraction of sp³-hybridized carbons (Fsp3) is 0.133. The molecule has 3 aromatic carbocycles. The number of amides is 1. The first-order valence-corrected chi connectivity index (χ1v) is 15.9. The number of anilines is 2. The van der Waals surface area contributed by atoms with Gasteiger partial charge < -0.3 is 10.1 Å². The Hall–Kier alpha value is -4.33. The molecule has 0 spiro atoms. The van der Waals surface area contributed by atoms with Gasteiger partial charge in [-0.3, -0.25) is 18.9 Å². The van der Waals surface area contributed by atoms with E-state index in [1.807, 2.05) is 30.3 Å². The Kier molecular flexibility index (Phi) is 8.49. The molecule has 10 nitrogen and oxygen atoms in total. The number of benzene rings is 3. The van der Waals surface area contributed by atoms with E-state index in [2.05, 4.69) is 31.0 Å². The molecule has 0 saturated heterocycles. The second kappa shape index (κ2) is 12.1. The van der Waals surface area contributed by atoms with E-state index in [1.54, 1.807) is 49.4 Å². The first kappa shape index (κ1) is 30.1. The first-order chi connectivity index (χ1) is 20.5. The Balaban J connectivity index is 1.54. The van der Waals surface area contributed by atoms with Crippen molar-refractivity contribution in [1.82, 2.24) is 9.55 Å². The highest BCUT2D eigenvalue weighted by atomic mass is 79.9. The zero-order valence-corrected chi connectivity index (χ0v) is 26.4. The van der Waals surface area contributed by atoms with E-state index in [-0.39, 0.29) is 44.4 Å². The van der Waals surface area contributed by atoms with Crippen molar-refractivity contribution in [1.29, 1.82) is 0 Å². The van der Waals surface area contributed by atoms with Crippen LogP contribution in [0.2, 0.25) is 0 Å². The molecular formula is C30H25BrN4O6S2. The van der Waals surface area contributed by atoms with Gasteiger partial charge >= 0.3 is 5.97 Å². The summed E-state index contributed by atoms with van der Waals surface area (Å²) in [6.45, 7) is 2.88. The maximum absolute atomic E-state index is 13.8. The van der Waals surface area contributed by atoms with Gasteiger partial charge in [0, 0.05) is 28.0 Å². The summed E-state index contributed by atoms with van der Waals surface area (Å²) >= 11 is 4.33. The number of pyridine rings is 1. The number of esters is 1. The van der Waals surface area contributed by atoms with Crippen LogP contribution in [-0.4, -0.2) is 37.0 Å². The van der Waals surface area contributed by atoms with E-state index in [4.69, 9.17) is 4.74 Å². The summed E-state index contributed by atoms with van der Waals surface area (Å²) < 4.78 is 35.9. The molecule has 0 saturated carbocycles. The summed E-state index contributed by atoms with van der Waals surface area (Å²) in [6, 6.07) is 21.0. The molecule has 220 valence electrons. The maximum atomic E-state index is 13.8. The lowest BCUT2D eigenvalue weighted by molar-refractivity contribution is -0.114. The monoisotopic (exact) mass is 680 g/mol. The zero-order chi connectivity index (χ0) is 30.9. The predicted octanol–water partition coefficient (Wildman–Crippen LogP) is 5.79. The van der Waals surface area contributed by atoms with Gasteiger partial charge in [-0.1, -0.05) is 69.7 Å². The van der Waals surface area contributed by atoms with Crippen molar-refractivity contribution in [3.05, 3.63) is 105 Å². The number of carbonyl (C=O) groups excluding carboxylic acids is 2. The number of nitrogens with zero attached hydrogens (tertiary/aromatic N) is 2. The highest BCUT2D eigenvalue weighted by molar-refractivity contribution is 9.10. The number of carbonyl (C=O) groups is 2. The number of ether oxygens (including phenoxy) is 1.